The molecule has 0 aromatic carbocycles. The number of hydrogen-bond acceptors (Lipinski definition) is 2. The molecule has 2 radical (unpaired) electrons. The summed E-state index contributed by atoms with van der Waals surface area (Å²) in [4.78, 5) is 11.3. The van der Waals surface area contributed by atoms with Crippen LogP contribution in [0.3, 0.4) is 0 Å². The first kappa shape index (κ1) is 12.5. The summed E-state index contributed by atoms with van der Waals surface area (Å²) in [6.07, 6.45) is 1.50. The van der Waals surface area contributed by atoms with Crippen molar-refractivity contribution in [3.8, 4) is 0 Å². The molecule has 0 aromatic rings. The van der Waals surface area contributed by atoms with Crippen LogP contribution in [-0.4, -0.2) is 20.9 Å². The van der Waals surface area contributed by atoms with Gasteiger partial charge in [-0.2, -0.15) is 0 Å². The van der Waals surface area contributed by atoms with Crippen LogP contribution in [0.2, 0.25) is 5.31 Å². The molecule has 0 amide bonds. The standard InChI is InChI=1S/C10H19BO2/c1-6-10(4,11)7-9(2,3)8(12)13-5/h6-7H2,1-5H3. The molecule has 0 spiro atoms. The van der Waals surface area contributed by atoms with E-state index in [2.05, 4.69) is 0 Å². The first-order valence-electron chi connectivity index (χ1n) is 4.62. The van der Waals surface area contributed by atoms with Crippen LogP contribution in [-0.2, 0) is 9.53 Å². The molecule has 74 valence electrons. The van der Waals surface area contributed by atoms with Crippen molar-refractivity contribution in [3.63, 3.8) is 0 Å². The summed E-state index contributed by atoms with van der Waals surface area (Å²) in [7, 11) is 7.39. The number of rotatable bonds is 4. The van der Waals surface area contributed by atoms with Crippen molar-refractivity contribution >= 4 is 13.8 Å². The molecule has 2 nitrogen and oxygen atoms in total. The Bertz CT molecular complexity index is 185. The monoisotopic (exact) mass is 182 g/mol. The van der Waals surface area contributed by atoms with Gasteiger partial charge >= 0.3 is 5.97 Å². The fourth-order valence-electron chi connectivity index (χ4n) is 1.48. The van der Waals surface area contributed by atoms with Gasteiger partial charge in [0.1, 0.15) is 0 Å². The molecule has 3 heteroatoms. The second-order valence-electron chi connectivity index (χ2n) is 4.56. The lowest BCUT2D eigenvalue weighted by atomic mass is 9.61. The first-order valence-corrected chi connectivity index (χ1v) is 4.62. The zero-order valence-corrected chi connectivity index (χ0v) is 9.31. The average Bonchev–Trinajstić information content (AvgIpc) is 2.01. The minimum Gasteiger partial charge on any atom is -0.469 e. The van der Waals surface area contributed by atoms with Gasteiger partial charge in [-0.25, -0.2) is 0 Å². The molecule has 0 aliphatic rings. The largest absolute Gasteiger partial charge is 0.469 e. The summed E-state index contributed by atoms with van der Waals surface area (Å²) in [6, 6.07) is 0. The molecular formula is C10H19BO2. The van der Waals surface area contributed by atoms with Gasteiger partial charge in [0.25, 0.3) is 0 Å². The number of esters is 1. The third-order valence-corrected chi connectivity index (χ3v) is 2.39. The molecule has 0 saturated heterocycles. The molecule has 0 saturated carbocycles. The normalized spacial score (nSPS) is 16.4. The minimum absolute atomic E-state index is 0.197. The molecule has 0 bridgehead atoms. The first-order chi connectivity index (χ1) is 5.75. The SMILES string of the molecule is [B]C(C)(CC)CC(C)(C)C(=O)OC. The third kappa shape index (κ3) is 3.84. The summed E-state index contributed by atoms with van der Waals surface area (Å²) < 4.78 is 4.71. The highest BCUT2D eigenvalue weighted by atomic mass is 16.5. The van der Waals surface area contributed by atoms with E-state index < -0.39 is 5.41 Å². The van der Waals surface area contributed by atoms with Crippen molar-refractivity contribution < 1.29 is 9.53 Å². The third-order valence-electron chi connectivity index (χ3n) is 2.39. The number of ether oxygens (including phenoxy) is 1. The van der Waals surface area contributed by atoms with E-state index in [1.807, 2.05) is 27.7 Å². The number of carbonyl (C=O) groups is 1. The molecule has 0 heterocycles. The van der Waals surface area contributed by atoms with Gasteiger partial charge in [-0.3, -0.25) is 4.79 Å². The van der Waals surface area contributed by atoms with Crippen LogP contribution in [0.5, 0.6) is 0 Å². The summed E-state index contributed by atoms with van der Waals surface area (Å²) in [6.45, 7) is 7.70. The lowest BCUT2D eigenvalue weighted by Gasteiger charge is -2.32. The Balaban J connectivity index is 4.41. The van der Waals surface area contributed by atoms with Gasteiger partial charge < -0.3 is 4.74 Å². The van der Waals surface area contributed by atoms with Gasteiger partial charge in [0.05, 0.1) is 20.4 Å². The topological polar surface area (TPSA) is 26.3 Å². The predicted molar refractivity (Wildman–Crippen MR) is 54.8 cm³/mol. The Morgan fingerprint density at radius 2 is 1.85 bits per heavy atom. The van der Waals surface area contributed by atoms with E-state index in [1.165, 1.54) is 7.11 Å². The smallest absolute Gasteiger partial charge is 0.311 e. The van der Waals surface area contributed by atoms with Gasteiger partial charge in [-0.05, 0) is 20.3 Å². The predicted octanol–water partition coefficient (Wildman–Crippen LogP) is 2.33. The van der Waals surface area contributed by atoms with E-state index in [1.54, 1.807) is 0 Å². The lowest BCUT2D eigenvalue weighted by molar-refractivity contribution is -0.151. The summed E-state index contributed by atoms with van der Waals surface area (Å²) >= 11 is 0. The highest BCUT2D eigenvalue weighted by Crippen LogP contribution is 2.39. The molecule has 13 heavy (non-hydrogen) atoms. The van der Waals surface area contributed by atoms with Crippen LogP contribution in [0, 0.1) is 5.41 Å². The van der Waals surface area contributed by atoms with E-state index in [-0.39, 0.29) is 11.3 Å². The Morgan fingerprint density at radius 3 is 2.15 bits per heavy atom. The fourth-order valence-corrected chi connectivity index (χ4v) is 1.48. The van der Waals surface area contributed by atoms with Crippen molar-refractivity contribution in [2.75, 3.05) is 7.11 Å². The molecule has 0 fully saturated rings. The van der Waals surface area contributed by atoms with Crippen LogP contribution in [0.4, 0.5) is 0 Å². The van der Waals surface area contributed by atoms with Crippen molar-refractivity contribution in [1.82, 2.24) is 0 Å². The van der Waals surface area contributed by atoms with Crippen molar-refractivity contribution in [2.24, 2.45) is 5.41 Å². The maximum atomic E-state index is 11.3. The van der Waals surface area contributed by atoms with Crippen LogP contribution in [0.15, 0.2) is 0 Å². The molecule has 0 aliphatic carbocycles. The molecule has 0 aromatic heterocycles. The maximum absolute atomic E-state index is 11.3. The summed E-state index contributed by atoms with van der Waals surface area (Å²) in [5.74, 6) is -0.197. The van der Waals surface area contributed by atoms with E-state index in [0.717, 1.165) is 6.42 Å². The van der Waals surface area contributed by atoms with Gasteiger partial charge in [-0.15, -0.1) is 0 Å². The van der Waals surface area contributed by atoms with E-state index in [9.17, 15) is 4.79 Å². The van der Waals surface area contributed by atoms with Crippen LogP contribution < -0.4 is 0 Å². The zero-order valence-electron chi connectivity index (χ0n) is 9.31. The Morgan fingerprint density at radius 1 is 1.38 bits per heavy atom. The Hall–Kier alpha value is -0.465. The number of methoxy groups -OCH3 is 1. The van der Waals surface area contributed by atoms with Crippen molar-refractivity contribution in [2.45, 2.75) is 45.9 Å². The maximum Gasteiger partial charge on any atom is 0.311 e. The second-order valence-corrected chi connectivity index (χ2v) is 4.56. The summed E-state index contributed by atoms with van der Waals surface area (Å²) in [5, 5.41) is -0.294. The molecule has 0 N–H and O–H groups in total. The van der Waals surface area contributed by atoms with Crippen LogP contribution in [0.25, 0.3) is 0 Å². The van der Waals surface area contributed by atoms with Crippen LogP contribution in [0.1, 0.15) is 40.5 Å². The van der Waals surface area contributed by atoms with Gasteiger partial charge in [-0.1, -0.05) is 25.6 Å². The average molecular weight is 182 g/mol. The zero-order chi connectivity index (χ0) is 10.7. The molecule has 1 unspecified atom stereocenters. The number of hydrogen-bond donors (Lipinski definition) is 0. The second kappa shape index (κ2) is 4.16. The lowest BCUT2D eigenvalue weighted by Crippen LogP contribution is -2.30. The summed E-state index contributed by atoms with van der Waals surface area (Å²) in [5.41, 5.74) is -0.492. The molecule has 0 aliphatic heterocycles. The quantitative estimate of drug-likeness (QED) is 0.492. The van der Waals surface area contributed by atoms with E-state index in [0.29, 0.717) is 6.42 Å². The van der Waals surface area contributed by atoms with E-state index >= 15 is 0 Å². The van der Waals surface area contributed by atoms with Gasteiger partial charge in [0, 0.05) is 0 Å². The van der Waals surface area contributed by atoms with Crippen molar-refractivity contribution in [1.29, 1.82) is 0 Å². The van der Waals surface area contributed by atoms with E-state index in [4.69, 9.17) is 12.6 Å². The van der Waals surface area contributed by atoms with Gasteiger partial charge in [0.2, 0.25) is 0 Å². The molecule has 0 rings (SSSR count). The number of carbonyl (C=O) groups excluding carboxylic acids is 1. The van der Waals surface area contributed by atoms with Crippen LogP contribution >= 0.6 is 0 Å². The molecular weight excluding hydrogens is 163 g/mol. The highest BCUT2D eigenvalue weighted by molar-refractivity contribution is 6.15. The highest BCUT2D eigenvalue weighted by Gasteiger charge is 2.34. The Kier molecular flexibility index (Phi) is 4.01. The van der Waals surface area contributed by atoms with Gasteiger partial charge in [0.15, 0.2) is 0 Å². The Labute approximate surface area is 82.5 Å². The van der Waals surface area contributed by atoms with Crippen molar-refractivity contribution in [3.05, 3.63) is 0 Å². The fraction of sp³-hybridized carbons (Fsp3) is 0.900. The molecule has 1 atom stereocenters. The minimum atomic E-state index is -0.492.